The van der Waals surface area contributed by atoms with Crippen LogP contribution in [0.4, 0.5) is 0 Å². The lowest BCUT2D eigenvalue weighted by atomic mass is 9.91. The summed E-state index contributed by atoms with van der Waals surface area (Å²) in [5.41, 5.74) is 6.40. The third kappa shape index (κ3) is 14.2. The van der Waals surface area contributed by atoms with Crippen molar-refractivity contribution in [2.24, 2.45) is 17.6 Å². The van der Waals surface area contributed by atoms with Gasteiger partial charge in [-0.05, 0) is 81.3 Å². The highest BCUT2D eigenvalue weighted by Gasteiger charge is 2.24. The summed E-state index contributed by atoms with van der Waals surface area (Å²) in [7, 11) is 0. The average molecular weight is 515 g/mol. The second kappa shape index (κ2) is 18.1. The van der Waals surface area contributed by atoms with E-state index in [1.807, 2.05) is 18.2 Å². The molecule has 1 aliphatic rings. The molecular formula is C29H42N2O6. The Hall–Kier alpha value is -3.16. The van der Waals surface area contributed by atoms with Crippen molar-refractivity contribution in [3.8, 4) is 0 Å². The molecule has 1 amide bonds. The zero-order chi connectivity index (χ0) is 26.7. The van der Waals surface area contributed by atoms with Crippen LogP contribution < -0.4 is 5.73 Å². The second-order valence-corrected chi connectivity index (χ2v) is 9.73. The van der Waals surface area contributed by atoms with Gasteiger partial charge in [-0.2, -0.15) is 0 Å². The van der Waals surface area contributed by atoms with Crippen LogP contribution in [-0.2, 0) is 25.6 Å². The van der Waals surface area contributed by atoms with Crippen molar-refractivity contribution in [3.63, 3.8) is 0 Å². The molecule has 204 valence electrons. The number of aryl methyl sites for hydroxylation is 1. The highest BCUT2D eigenvalue weighted by atomic mass is 16.9. The van der Waals surface area contributed by atoms with Crippen LogP contribution in [0.3, 0.4) is 0 Å². The molecule has 0 aliphatic heterocycles. The Morgan fingerprint density at radius 2 is 1.89 bits per heavy atom. The lowest BCUT2D eigenvalue weighted by Crippen LogP contribution is -2.18. The number of nitrogens with zero attached hydrogens (tertiary/aromatic N) is 1. The summed E-state index contributed by atoms with van der Waals surface area (Å²) in [6.07, 6.45) is 18.7. The van der Waals surface area contributed by atoms with Gasteiger partial charge in [0.25, 0.3) is 5.09 Å². The molecule has 2 rings (SSSR count). The minimum atomic E-state index is -0.796. The number of nitrogens with two attached hydrogens (primary N) is 1. The first-order chi connectivity index (χ1) is 17.9. The van der Waals surface area contributed by atoms with Crippen LogP contribution in [0.1, 0.15) is 82.6 Å². The van der Waals surface area contributed by atoms with Crippen molar-refractivity contribution in [1.82, 2.24) is 0 Å². The van der Waals surface area contributed by atoms with Crippen LogP contribution in [-0.4, -0.2) is 29.7 Å². The van der Waals surface area contributed by atoms with E-state index in [1.165, 1.54) is 18.4 Å². The number of benzene rings is 1. The van der Waals surface area contributed by atoms with Gasteiger partial charge in [0.1, 0.15) is 6.10 Å². The number of hydrogen-bond acceptors (Lipinski definition) is 6. The summed E-state index contributed by atoms with van der Waals surface area (Å²) in [4.78, 5) is 37.9. The topological polar surface area (TPSA) is 122 Å². The maximum atomic E-state index is 12.5. The van der Waals surface area contributed by atoms with E-state index in [2.05, 4.69) is 41.3 Å². The van der Waals surface area contributed by atoms with Crippen LogP contribution in [0.5, 0.6) is 0 Å². The van der Waals surface area contributed by atoms with E-state index >= 15 is 0 Å². The SMILES string of the molecule is NC(=O)CCC/C=C\C[C@H]1CCCC1/C=C/C(CCc1ccccc1)OC(=O)CCCCCO[N+](=O)[O-]. The van der Waals surface area contributed by atoms with Gasteiger partial charge in [0.15, 0.2) is 0 Å². The number of unbranched alkanes of at least 4 members (excludes halogenated alkanes) is 3. The molecule has 0 aromatic heterocycles. The van der Waals surface area contributed by atoms with E-state index in [1.54, 1.807) is 0 Å². The van der Waals surface area contributed by atoms with Gasteiger partial charge < -0.3 is 15.3 Å². The summed E-state index contributed by atoms with van der Waals surface area (Å²) in [6.45, 7) is 0.0512. The van der Waals surface area contributed by atoms with Crippen LogP contribution in [0.2, 0.25) is 0 Å². The van der Waals surface area contributed by atoms with Crippen molar-refractivity contribution in [1.29, 1.82) is 0 Å². The molecule has 2 unspecified atom stereocenters. The number of ether oxygens (including phenoxy) is 1. The summed E-state index contributed by atoms with van der Waals surface area (Å²) < 4.78 is 5.84. The molecule has 1 fully saturated rings. The van der Waals surface area contributed by atoms with Gasteiger partial charge in [-0.15, -0.1) is 10.1 Å². The summed E-state index contributed by atoms with van der Waals surface area (Å²) >= 11 is 0. The number of amides is 1. The van der Waals surface area contributed by atoms with Gasteiger partial charge in [0.05, 0.1) is 6.61 Å². The monoisotopic (exact) mass is 514 g/mol. The van der Waals surface area contributed by atoms with Gasteiger partial charge in [-0.25, -0.2) is 0 Å². The van der Waals surface area contributed by atoms with E-state index in [0.29, 0.717) is 43.9 Å². The predicted molar refractivity (Wildman–Crippen MR) is 143 cm³/mol. The molecule has 0 spiro atoms. The Balaban J connectivity index is 1.85. The van der Waals surface area contributed by atoms with E-state index in [0.717, 1.165) is 38.5 Å². The molecule has 1 aliphatic carbocycles. The molecule has 8 heteroatoms. The van der Waals surface area contributed by atoms with Crippen molar-refractivity contribution in [2.75, 3.05) is 6.61 Å². The number of carbonyl (C=O) groups excluding carboxylic acids is 2. The molecule has 37 heavy (non-hydrogen) atoms. The highest BCUT2D eigenvalue weighted by molar-refractivity contribution is 5.73. The maximum absolute atomic E-state index is 12.5. The first-order valence-electron chi connectivity index (χ1n) is 13.6. The first kappa shape index (κ1) is 30.1. The summed E-state index contributed by atoms with van der Waals surface area (Å²) in [5, 5.41) is 9.40. The van der Waals surface area contributed by atoms with Crippen LogP contribution in [0.15, 0.2) is 54.6 Å². The fourth-order valence-electron chi connectivity index (χ4n) is 4.72. The van der Waals surface area contributed by atoms with Crippen molar-refractivity contribution in [2.45, 2.75) is 89.6 Å². The maximum Gasteiger partial charge on any atom is 0.306 e. The molecule has 2 N–H and O–H groups in total. The molecular weight excluding hydrogens is 472 g/mol. The van der Waals surface area contributed by atoms with Crippen LogP contribution in [0, 0.1) is 22.0 Å². The zero-order valence-corrected chi connectivity index (χ0v) is 21.8. The minimum absolute atomic E-state index is 0.0512. The quantitative estimate of drug-likeness (QED) is 0.0809. The largest absolute Gasteiger partial charge is 0.458 e. The van der Waals surface area contributed by atoms with Gasteiger partial charge >= 0.3 is 5.97 Å². The average Bonchev–Trinajstić information content (AvgIpc) is 3.32. The fourth-order valence-corrected chi connectivity index (χ4v) is 4.72. The van der Waals surface area contributed by atoms with Gasteiger partial charge in [-0.3, -0.25) is 9.59 Å². The smallest absolute Gasteiger partial charge is 0.306 e. The molecule has 0 heterocycles. The van der Waals surface area contributed by atoms with E-state index in [-0.39, 0.29) is 24.6 Å². The second-order valence-electron chi connectivity index (χ2n) is 9.73. The van der Waals surface area contributed by atoms with E-state index in [4.69, 9.17) is 10.5 Å². The number of rotatable bonds is 19. The van der Waals surface area contributed by atoms with E-state index < -0.39 is 5.09 Å². The third-order valence-corrected chi connectivity index (χ3v) is 6.76. The number of hydrogen-bond donors (Lipinski definition) is 1. The number of carbonyl (C=O) groups is 2. The molecule has 1 aromatic carbocycles. The van der Waals surface area contributed by atoms with Crippen molar-refractivity contribution < 1.29 is 24.3 Å². The van der Waals surface area contributed by atoms with Gasteiger partial charge in [0, 0.05) is 12.8 Å². The third-order valence-electron chi connectivity index (χ3n) is 6.76. The fraction of sp³-hybridized carbons (Fsp3) is 0.586. The Morgan fingerprint density at radius 3 is 2.65 bits per heavy atom. The lowest BCUT2D eigenvalue weighted by Gasteiger charge is -2.18. The molecule has 8 nitrogen and oxygen atoms in total. The molecule has 1 aromatic rings. The highest BCUT2D eigenvalue weighted by Crippen LogP contribution is 2.35. The van der Waals surface area contributed by atoms with Crippen LogP contribution >= 0.6 is 0 Å². The predicted octanol–water partition coefficient (Wildman–Crippen LogP) is 5.87. The van der Waals surface area contributed by atoms with Gasteiger partial charge in [0.2, 0.25) is 5.91 Å². The van der Waals surface area contributed by atoms with Crippen molar-refractivity contribution in [3.05, 3.63) is 70.3 Å². The van der Waals surface area contributed by atoms with Crippen molar-refractivity contribution >= 4 is 11.9 Å². The molecule has 0 saturated heterocycles. The minimum Gasteiger partial charge on any atom is -0.458 e. The standard InChI is InChI=1S/C29H42N2O6/c30-28(32)17-8-2-1-7-14-25-15-11-16-26(25)20-22-27(21-19-24-12-5-3-6-13-24)37-29(33)18-9-4-10-23-36-31(34)35/h1,3,5-7,12-13,20,22,25-27H,2,4,8-11,14-19,21,23H2,(H2,30,32)/b7-1-,22-20+/t25-,26?,27?/m0/s1. The number of esters is 1. The van der Waals surface area contributed by atoms with Gasteiger partial charge in [-0.1, -0.05) is 61.4 Å². The normalized spacial score (nSPS) is 18.3. The zero-order valence-electron chi connectivity index (χ0n) is 21.8. The Labute approximate surface area is 220 Å². The first-order valence-corrected chi connectivity index (χ1v) is 13.6. The molecule has 0 radical (unpaired) electrons. The van der Waals surface area contributed by atoms with Crippen LogP contribution in [0.25, 0.3) is 0 Å². The molecule has 0 bridgehead atoms. The number of primary amides is 1. The Bertz CT molecular complexity index is 870. The number of allylic oxidation sites excluding steroid dienone is 3. The Morgan fingerprint density at radius 1 is 1.08 bits per heavy atom. The summed E-state index contributed by atoms with van der Waals surface area (Å²) in [6, 6.07) is 10.2. The Kier molecular flexibility index (Phi) is 14.7. The molecule has 1 saturated carbocycles. The molecule has 3 atom stereocenters. The summed E-state index contributed by atoms with van der Waals surface area (Å²) in [5.74, 6) is 0.560. The lowest BCUT2D eigenvalue weighted by molar-refractivity contribution is -0.757. The van der Waals surface area contributed by atoms with E-state index in [9.17, 15) is 19.7 Å².